The summed E-state index contributed by atoms with van der Waals surface area (Å²) in [4.78, 5) is 34.2. The van der Waals surface area contributed by atoms with Gasteiger partial charge in [-0.2, -0.15) is 0 Å². The molecule has 1 amide bonds. The SMILES string of the molecule is Cc1c(NC(=O)COC(=O)c2cc(Cl)ccc2Cl)cccc1[N+](=O)[O-]. The number of carbonyl (C=O) groups excluding carboxylic acids is 2. The van der Waals surface area contributed by atoms with Crippen LogP contribution >= 0.6 is 23.2 Å². The van der Waals surface area contributed by atoms with E-state index >= 15 is 0 Å². The van der Waals surface area contributed by atoms with E-state index in [0.717, 1.165) is 0 Å². The molecule has 7 nitrogen and oxygen atoms in total. The summed E-state index contributed by atoms with van der Waals surface area (Å²) in [5.74, 6) is -1.45. The highest BCUT2D eigenvalue weighted by molar-refractivity contribution is 6.35. The Morgan fingerprint density at radius 2 is 1.96 bits per heavy atom. The van der Waals surface area contributed by atoms with Crippen LogP contribution in [0, 0.1) is 17.0 Å². The zero-order valence-electron chi connectivity index (χ0n) is 12.9. The van der Waals surface area contributed by atoms with Crippen molar-refractivity contribution in [1.82, 2.24) is 0 Å². The van der Waals surface area contributed by atoms with Gasteiger partial charge in [0, 0.05) is 11.1 Å². The fourth-order valence-corrected chi connectivity index (χ4v) is 2.37. The first-order chi connectivity index (χ1) is 11.8. The van der Waals surface area contributed by atoms with Crippen LogP contribution in [0.1, 0.15) is 15.9 Å². The van der Waals surface area contributed by atoms with Gasteiger partial charge in [-0.15, -0.1) is 0 Å². The largest absolute Gasteiger partial charge is 0.452 e. The van der Waals surface area contributed by atoms with Gasteiger partial charge in [-0.3, -0.25) is 14.9 Å². The van der Waals surface area contributed by atoms with Gasteiger partial charge in [0.25, 0.3) is 11.6 Å². The summed E-state index contributed by atoms with van der Waals surface area (Å²) in [6, 6.07) is 8.56. The molecule has 2 aromatic rings. The maximum Gasteiger partial charge on any atom is 0.340 e. The quantitative estimate of drug-likeness (QED) is 0.478. The number of esters is 1. The van der Waals surface area contributed by atoms with Crippen LogP contribution < -0.4 is 5.32 Å². The lowest BCUT2D eigenvalue weighted by Crippen LogP contribution is -2.21. The Bertz CT molecular complexity index is 854. The topological polar surface area (TPSA) is 98.5 Å². The van der Waals surface area contributed by atoms with E-state index in [0.29, 0.717) is 10.6 Å². The molecule has 0 spiro atoms. The van der Waals surface area contributed by atoms with Crippen LogP contribution in [-0.2, 0) is 9.53 Å². The third-order valence-electron chi connectivity index (χ3n) is 3.26. The minimum atomic E-state index is -0.807. The molecule has 0 atom stereocenters. The van der Waals surface area contributed by atoms with E-state index in [9.17, 15) is 19.7 Å². The van der Waals surface area contributed by atoms with Crippen molar-refractivity contribution in [3.05, 3.63) is 67.7 Å². The number of benzene rings is 2. The number of carbonyl (C=O) groups is 2. The van der Waals surface area contributed by atoms with Crippen LogP contribution in [0.4, 0.5) is 11.4 Å². The number of ether oxygens (including phenoxy) is 1. The van der Waals surface area contributed by atoms with Crippen LogP contribution in [-0.4, -0.2) is 23.4 Å². The number of nitrogens with one attached hydrogen (secondary N) is 1. The van der Waals surface area contributed by atoms with E-state index in [1.807, 2.05) is 0 Å². The zero-order chi connectivity index (χ0) is 18.6. The molecule has 0 aliphatic carbocycles. The van der Waals surface area contributed by atoms with Crippen molar-refractivity contribution in [3.63, 3.8) is 0 Å². The molecule has 0 bridgehead atoms. The summed E-state index contributed by atoms with van der Waals surface area (Å²) >= 11 is 11.7. The molecule has 0 aliphatic heterocycles. The summed E-state index contributed by atoms with van der Waals surface area (Å²) in [6.07, 6.45) is 0. The van der Waals surface area contributed by atoms with Crippen molar-refractivity contribution in [2.45, 2.75) is 6.92 Å². The van der Waals surface area contributed by atoms with Gasteiger partial charge < -0.3 is 10.1 Å². The number of hydrogen-bond acceptors (Lipinski definition) is 5. The second-order valence-electron chi connectivity index (χ2n) is 4.96. The fraction of sp³-hybridized carbons (Fsp3) is 0.125. The van der Waals surface area contributed by atoms with Crippen LogP contribution in [0.3, 0.4) is 0 Å². The summed E-state index contributed by atoms with van der Waals surface area (Å²) in [7, 11) is 0. The highest BCUT2D eigenvalue weighted by Crippen LogP contribution is 2.25. The Balaban J connectivity index is 2.02. The Morgan fingerprint density at radius 3 is 2.64 bits per heavy atom. The summed E-state index contributed by atoms with van der Waals surface area (Å²) in [5.41, 5.74) is 0.468. The lowest BCUT2D eigenvalue weighted by molar-refractivity contribution is -0.385. The summed E-state index contributed by atoms with van der Waals surface area (Å²) in [6.45, 7) is 0.926. The third-order valence-corrected chi connectivity index (χ3v) is 3.82. The molecule has 0 saturated heterocycles. The van der Waals surface area contributed by atoms with Crippen LogP contribution in [0.15, 0.2) is 36.4 Å². The van der Waals surface area contributed by atoms with Gasteiger partial charge in [0.2, 0.25) is 0 Å². The Morgan fingerprint density at radius 1 is 1.24 bits per heavy atom. The number of hydrogen-bond donors (Lipinski definition) is 1. The van der Waals surface area contributed by atoms with Gasteiger partial charge in [0.1, 0.15) is 0 Å². The fourth-order valence-electron chi connectivity index (χ4n) is 2.01. The first-order valence-electron chi connectivity index (χ1n) is 6.95. The third kappa shape index (κ3) is 4.68. The molecule has 0 saturated carbocycles. The van der Waals surface area contributed by atoms with Gasteiger partial charge in [-0.1, -0.05) is 29.3 Å². The van der Waals surface area contributed by atoms with Crippen LogP contribution in [0.25, 0.3) is 0 Å². The van der Waals surface area contributed by atoms with Gasteiger partial charge in [-0.05, 0) is 31.2 Å². The predicted molar refractivity (Wildman–Crippen MR) is 93.2 cm³/mol. The molecule has 0 unspecified atom stereocenters. The molecule has 0 radical (unpaired) electrons. The van der Waals surface area contributed by atoms with Gasteiger partial charge in [0.15, 0.2) is 6.61 Å². The van der Waals surface area contributed by atoms with Crippen molar-refractivity contribution < 1.29 is 19.2 Å². The monoisotopic (exact) mass is 382 g/mol. The zero-order valence-corrected chi connectivity index (χ0v) is 14.4. The molecule has 0 fully saturated rings. The highest BCUT2D eigenvalue weighted by Gasteiger charge is 2.17. The van der Waals surface area contributed by atoms with Crippen molar-refractivity contribution in [2.75, 3.05) is 11.9 Å². The standard InChI is InChI=1S/C16H12Cl2N2O5/c1-9-13(3-2-4-14(9)20(23)24)19-15(21)8-25-16(22)11-7-10(17)5-6-12(11)18/h2-7H,8H2,1H3,(H,19,21). The second kappa shape index (κ2) is 7.96. The highest BCUT2D eigenvalue weighted by atomic mass is 35.5. The van der Waals surface area contributed by atoms with E-state index in [2.05, 4.69) is 5.32 Å². The van der Waals surface area contributed by atoms with E-state index < -0.39 is 23.4 Å². The van der Waals surface area contributed by atoms with Crippen molar-refractivity contribution in [1.29, 1.82) is 0 Å². The molecule has 130 valence electrons. The number of halogens is 2. The van der Waals surface area contributed by atoms with Crippen LogP contribution in [0.2, 0.25) is 10.0 Å². The number of nitro benzene ring substituents is 1. The van der Waals surface area contributed by atoms with E-state index in [4.69, 9.17) is 27.9 Å². The minimum absolute atomic E-state index is 0.0356. The molecule has 1 N–H and O–H groups in total. The molecule has 2 aromatic carbocycles. The minimum Gasteiger partial charge on any atom is -0.452 e. The van der Waals surface area contributed by atoms with E-state index in [-0.39, 0.29) is 22.0 Å². The van der Waals surface area contributed by atoms with E-state index in [1.165, 1.54) is 43.3 Å². The Kier molecular flexibility index (Phi) is 5.95. The van der Waals surface area contributed by atoms with Crippen molar-refractivity contribution in [2.24, 2.45) is 0 Å². The maximum absolute atomic E-state index is 12.0. The lowest BCUT2D eigenvalue weighted by atomic mass is 10.1. The smallest absolute Gasteiger partial charge is 0.340 e. The molecule has 0 aromatic heterocycles. The van der Waals surface area contributed by atoms with Crippen molar-refractivity contribution in [3.8, 4) is 0 Å². The summed E-state index contributed by atoms with van der Waals surface area (Å²) in [5, 5.41) is 13.8. The maximum atomic E-state index is 12.0. The molecule has 0 aliphatic rings. The number of nitrogens with zero attached hydrogens (tertiary/aromatic N) is 1. The Labute approximate surface area is 152 Å². The normalized spacial score (nSPS) is 10.2. The number of amides is 1. The molecule has 0 heterocycles. The van der Waals surface area contributed by atoms with E-state index in [1.54, 1.807) is 0 Å². The average Bonchev–Trinajstić information content (AvgIpc) is 2.56. The first-order valence-corrected chi connectivity index (χ1v) is 7.71. The molecular weight excluding hydrogens is 371 g/mol. The molecular formula is C16H12Cl2N2O5. The Hall–Kier alpha value is -2.64. The number of rotatable bonds is 5. The van der Waals surface area contributed by atoms with Gasteiger partial charge in [-0.25, -0.2) is 4.79 Å². The van der Waals surface area contributed by atoms with Crippen molar-refractivity contribution >= 4 is 46.5 Å². The van der Waals surface area contributed by atoms with Crippen LogP contribution in [0.5, 0.6) is 0 Å². The molecule has 25 heavy (non-hydrogen) atoms. The predicted octanol–water partition coefficient (Wildman–Crippen LogP) is 4.01. The second-order valence-corrected chi connectivity index (χ2v) is 5.80. The average molecular weight is 383 g/mol. The number of anilines is 1. The van der Waals surface area contributed by atoms with Gasteiger partial charge in [0.05, 0.1) is 26.8 Å². The number of nitro groups is 1. The molecule has 9 heteroatoms. The first kappa shape index (κ1) is 18.7. The molecule has 2 rings (SSSR count). The lowest BCUT2D eigenvalue weighted by Gasteiger charge is -2.09. The summed E-state index contributed by atoms with van der Waals surface area (Å²) < 4.78 is 4.89. The van der Waals surface area contributed by atoms with Gasteiger partial charge >= 0.3 is 5.97 Å².